The number of carbonyl (C=O) groups excluding carboxylic acids is 1. The van der Waals surface area contributed by atoms with Crippen LogP contribution in [0.1, 0.15) is 32.4 Å². The lowest BCUT2D eigenvalue weighted by Crippen LogP contribution is -2.47. The van der Waals surface area contributed by atoms with E-state index in [1.165, 1.54) is 0 Å². The number of hydrogen-bond donors (Lipinski definition) is 3. The van der Waals surface area contributed by atoms with Crippen LogP contribution in [0.4, 0.5) is 4.79 Å². The molecule has 4 heteroatoms. The molecule has 0 spiro atoms. The molecule has 0 heterocycles. The zero-order chi connectivity index (χ0) is 12.9. The summed E-state index contributed by atoms with van der Waals surface area (Å²) in [5.74, 6) is 0. The summed E-state index contributed by atoms with van der Waals surface area (Å²) < 4.78 is 0. The van der Waals surface area contributed by atoms with Crippen LogP contribution in [0.25, 0.3) is 0 Å². The van der Waals surface area contributed by atoms with Gasteiger partial charge in [0.15, 0.2) is 0 Å². The van der Waals surface area contributed by atoms with Crippen molar-refractivity contribution in [3.05, 3.63) is 35.9 Å². The Hall–Kier alpha value is -1.55. The lowest BCUT2D eigenvalue weighted by Gasteiger charge is -2.23. The minimum atomic E-state index is -0.376. The number of aliphatic hydroxyl groups excluding tert-OH is 1. The molecule has 17 heavy (non-hydrogen) atoms. The first-order chi connectivity index (χ1) is 7.92. The second kappa shape index (κ2) is 5.68. The number of hydrogen-bond acceptors (Lipinski definition) is 2. The molecule has 0 aliphatic rings. The minimum Gasteiger partial charge on any atom is -0.394 e. The molecule has 1 aromatic rings. The van der Waals surface area contributed by atoms with Gasteiger partial charge < -0.3 is 15.7 Å². The fourth-order valence-electron chi connectivity index (χ4n) is 1.45. The highest BCUT2D eigenvalue weighted by Gasteiger charge is 2.17. The SMILES string of the molecule is CC(C)(C)NC(=O)NC(CO)c1ccccc1. The first-order valence-electron chi connectivity index (χ1n) is 5.67. The van der Waals surface area contributed by atoms with E-state index in [4.69, 9.17) is 0 Å². The van der Waals surface area contributed by atoms with Crippen LogP contribution in [0.5, 0.6) is 0 Å². The molecule has 0 radical (unpaired) electrons. The van der Waals surface area contributed by atoms with E-state index in [2.05, 4.69) is 10.6 Å². The van der Waals surface area contributed by atoms with Gasteiger partial charge in [-0.05, 0) is 26.3 Å². The Morgan fingerprint density at radius 1 is 1.29 bits per heavy atom. The molecular formula is C13H20N2O2. The summed E-state index contributed by atoms with van der Waals surface area (Å²) in [6, 6.07) is 8.74. The van der Waals surface area contributed by atoms with Gasteiger partial charge in [0.1, 0.15) is 0 Å². The van der Waals surface area contributed by atoms with E-state index in [1.807, 2.05) is 51.1 Å². The molecule has 1 atom stereocenters. The lowest BCUT2D eigenvalue weighted by molar-refractivity contribution is 0.210. The number of amides is 2. The molecule has 0 fully saturated rings. The van der Waals surface area contributed by atoms with Gasteiger partial charge in [0.05, 0.1) is 12.6 Å². The average molecular weight is 236 g/mol. The Bertz CT molecular complexity index is 357. The highest BCUT2D eigenvalue weighted by Crippen LogP contribution is 2.11. The minimum absolute atomic E-state index is 0.123. The summed E-state index contributed by atoms with van der Waals surface area (Å²) in [4.78, 5) is 11.7. The number of carbonyl (C=O) groups is 1. The van der Waals surface area contributed by atoms with Gasteiger partial charge in [-0.3, -0.25) is 0 Å². The van der Waals surface area contributed by atoms with Crippen LogP contribution in [0.15, 0.2) is 30.3 Å². The molecule has 0 saturated heterocycles. The summed E-state index contributed by atoms with van der Waals surface area (Å²) in [5, 5.41) is 14.8. The van der Waals surface area contributed by atoms with E-state index in [-0.39, 0.29) is 24.2 Å². The van der Waals surface area contributed by atoms with Crippen LogP contribution in [0.2, 0.25) is 0 Å². The van der Waals surface area contributed by atoms with Crippen molar-refractivity contribution >= 4 is 6.03 Å². The predicted octanol–water partition coefficient (Wildman–Crippen LogP) is 1.82. The van der Waals surface area contributed by atoms with Gasteiger partial charge in [0, 0.05) is 5.54 Å². The van der Waals surface area contributed by atoms with Crippen molar-refractivity contribution in [2.45, 2.75) is 32.4 Å². The largest absolute Gasteiger partial charge is 0.394 e. The van der Waals surface area contributed by atoms with E-state index in [0.717, 1.165) is 5.56 Å². The van der Waals surface area contributed by atoms with E-state index in [1.54, 1.807) is 0 Å². The summed E-state index contributed by atoms with van der Waals surface area (Å²) in [6.45, 7) is 5.59. The van der Waals surface area contributed by atoms with Crippen LogP contribution in [0, 0.1) is 0 Å². The lowest BCUT2D eigenvalue weighted by atomic mass is 10.1. The maximum Gasteiger partial charge on any atom is 0.315 e. The van der Waals surface area contributed by atoms with E-state index < -0.39 is 0 Å². The van der Waals surface area contributed by atoms with Crippen molar-refractivity contribution in [1.29, 1.82) is 0 Å². The molecule has 2 amide bonds. The van der Waals surface area contributed by atoms with E-state index in [9.17, 15) is 9.90 Å². The fourth-order valence-corrected chi connectivity index (χ4v) is 1.45. The maximum absolute atomic E-state index is 11.7. The number of aliphatic hydroxyl groups is 1. The molecule has 3 N–H and O–H groups in total. The third-order valence-corrected chi connectivity index (χ3v) is 2.18. The van der Waals surface area contributed by atoms with Crippen molar-refractivity contribution in [2.75, 3.05) is 6.61 Å². The van der Waals surface area contributed by atoms with Gasteiger partial charge in [0.2, 0.25) is 0 Å². The first kappa shape index (κ1) is 13.5. The number of nitrogens with one attached hydrogen (secondary N) is 2. The molecule has 0 saturated carbocycles. The normalized spacial score (nSPS) is 12.9. The van der Waals surface area contributed by atoms with Gasteiger partial charge in [-0.15, -0.1) is 0 Å². The first-order valence-corrected chi connectivity index (χ1v) is 5.67. The Morgan fingerprint density at radius 2 is 1.88 bits per heavy atom. The molecule has 1 rings (SSSR count). The van der Waals surface area contributed by atoms with Crippen LogP contribution >= 0.6 is 0 Å². The van der Waals surface area contributed by atoms with Crippen LogP contribution in [0.3, 0.4) is 0 Å². The van der Waals surface area contributed by atoms with Gasteiger partial charge in [-0.1, -0.05) is 30.3 Å². The summed E-state index contributed by atoms with van der Waals surface area (Å²) >= 11 is 0. The monoisotopic (exact) mass is 236 g/mol. The Balaban J connectivity index is 2.62. The molecule has 4 nitrogen and oxygen atoms in total. The summed E-state index contributed by atoms with van der Waals surface area (Å²) in [7, 11) is 0. The Labute approximate surface area is 102 Å². The second-order valence-electron chi connectivity index (χ2n) is 4.99. The van der Waals surface area contributed by atoms with Crippen molar-refractivity contribution in [3.8, 4) is 0 Å². The molecular weight excluding hydrogens is 216 g/mol. The topological polar surface area (TPSA) is 61.4 Å². The number of benzene rings is 1. The molecule has 0 aromatic heterocycles. The molecule has 0 bridgehead atoms. The highest BCUT2D eigenvalue weighted by atomic mass is 16.3. The molecule has 0 aliphatic carbocycles. The van der Waals surface area contributed by atoms with Crippen molar-refractivity contribution in [2.24, 2.45) is 0 Å². The smallest absolute Gasteiger partial charge is 0.315 e. The fraction of sp³-hybridized carbons (Fsp3) is 0.462. The molecule has 94 valence electrons. The second-order valence-corrected chi connectivity index (χ2v) is 4.99. The maximum atomic E-state index is 11.7. The molecule has 0 aliphatic heterocycles. The van der Waals surface area contributed by atoms with Crippen LogP contribution in [-0.4, -0.2) is 23.3 Å². The third kappa shape index (κ3) is 4.87. The molecule has 1 aromatic carbocycles. The number of urea groups is 1. The highest BCUT2D eigenvalue weighted by molar-refractivity contribution is 5.75. The van der Waals surface area contributed by atoms with Crippen molar-refractivity contribution in [3.63, 3.8) is 0 Å². The Kier molecular flexibility index (Phi) is 4.52. The van der Waals surface area contributed by atoms with E-state index >= 15 is 0 Å². The average Bonchev–Trinajstić information content (AvgIpc) is 2.24. The zero-order valence-corrected chi connectivity index (χ0v) is 10.5. The van der Waals surface area contributed by atoms with Crippen molar-refractivity contribution < 1.29 is 9.90 Å². The molecule has 1 unspecified atom stereocenters. The Morgan fingerprint density at radius 3 is 2.35 bits per heavy atom. The van der Waals surface area contributed by atoms with E-state index in [0.29, 0.717) is 0 Å². The van der Waals surface area contributed by atoms with Gasteiger partial charge in [-0.2, -0.15) is 0 Å². The van der Waals surface area contributed by atoms with Crippen molar-refractivity contribution in [1.82, 2.24) is 10.6 Å². The van der Waals surface area contributed by atoms with Gasteiger partial charge in [-0.25, -0.2) is 4.79 Å². The summed E-state index contributed by atoms with van der Waals surface area (Å²) in [5.41, 5.74) is 0.597. The standard InChI is InChI=1S/C13H20N2O2/c1-13(2,3)15-12(17)14-11(9-16)10-7-5-4-6-8-10/h4-8,11,16H,9H2,1-3H3,(H2,14,15,17). The quantitative estimate of drug-likeness (QED) is 0.749. The zero-order valence-electron chi connectivity index (χ0n) is 10.5. The van der Waals surface area contributed by atoms with Gasteiger partial charge in [0.25, 0.3) is 0 Å². The summed E-state index contributed by atoms with van der Waals surface area (Å²) in [6.07, 6.45) is 0. The van der Waals surface area contributed by atoms with Crippen LogP contribution in [-0.2, 0) is 0 Å². The predicted molar refractivity (Wildman–Crippen MR) is 67.7 cm³/mol. The van der Waals surface area contributed by atoms with Crippen LogP contribution < -0.4 is 10.6 Å². The third-order valence-electron chi connectivity index (χ3n) is 2.18. The number of rotatable bonds is 3. The van der Waals surface area contributed by atoms with Gasteiger partial charge >= 0.3 is 6.03 Å².